The third kappa shape index (κ3) is 3.22. The number of benzene rings is 1. The fourth-order valence-corrected chi connectivity index (χ4v) is 2.87. The first-order valence-corrected chi connectivity index (χ1v) is 7.77. The molecule has 1 atom stereocenters. The summed E-state index contributed by atoms with van der Waals surface area (Å²) < 4.78 is 0. The lowest BCUT2D eigenvalue weighted by Crippen LogP contribution is -2.39. The summed E-state index contributed by atoms with van der Waals surface area (Å²) in [6.45, 7) is 0.877. The zero-order valence-electron chi connectivity index (χ0n) is 11.7. The number of nitrogens with one attached hydrogen (secondary N) is 2. The van der Waals surface area contributed by atoms with Crippen molar-refractivity contribution >= 4 is 28.4 Å². The van der Waals surface area contributed by atoms with E-state index >= 15 is 0 Å². The Morgan fingerprint density at radius 2 is 2.18 bits per heavy atom. The van der Waals surface area contributed by atoms with Crippen molar-refractivity contribution in [3.05, 3.63) is 41.4 Å². The highest BCUT2D eigenvalue weighted by Crippen LogP contribution is 2.26. The average molecular weight is 317 g/mol. The van der Waals surface area contributed by atoms with E-state index in [9.17, 15) is 9.59 Å². The number of anilines is 1. The predicted molar refractivity (Wildman–Crippen MR) is 82.4 cm³/mol. The average Bonchev–Trinajstić information content (AvgIpc) is 2.95. The first-order chi connectivity index (χ1) is 10.7. The van der Waals surface area contributed by atoms with Gasteiger partial charge in [0.15, 0.2) is 0 Å². The number of rotatable bonds is 2. The minimum atomic E-state index is -0.295. The van der Waals surface area contributed by atoms with E-state index in [1.807, 2.05) is 30.3 Å². The van der Waals surface area contributed by atoms with Crippen LogP contribution in [0.1, 0.15) is 18.0 Å². The summed E-state index contributed by atoms with van der Waals surface area (Å²) in [6, 6.07) is 8.99. The first kappa shape index (κ1) is 14.5. The number of nitrogens with zero attached hydrogens (tertiary/aromatic N) is 3. The molecule has 0 bridgehead atoms. The Bertz CT molecular complexity index is 647. The van der Waals surface area contributed by atoms with Crippen LogP contribution < -0.4 is 10.6 Å². The third-order valence-corrected chi connectivity index (χ3v) is 4.06. The van der Waals surface area contributed by atoms with Gasteiger partial charge in [-0.25, -0.2) is 4.79 Å². The molecular weight excluding hydrogens is 302 g/mol. The van der Waals surface area contributed by atoms with Gasteiger partial charge in [-0.05, 0) is 5.56 Å². The summed E-state index contributed by atoms with van der Waals surface area (Å²) in [7, 11) is 0. The summed E-state index contributed by atoms with van der Waals surface area (Å²) in [6.07, 6.45) is 0.244. The molecule has 114 valence electrons. The largest absolute Gasteiger partial charge is 0.354 e. The van der Waals surface area contributed by atoms with E-state index in [-0.39, 0.29) is 24.4 Å². The van der Waals surface area contributed by atoms with Gasteiger partial charge in [-0.3, -0.25) is 10.1 Å². The highest BCUT2D eigenvalue weighted by molar-refractivity contribution is 7.13. The third-order valence-electron chi connectivity index (χ3n) is 3.45. The van der Waals surface area contributed by atoms with E-state index in [4.69, 9.17) is 0 Å². The van der Waals surface area contributed by atoms with Crippen LogP contribution in [-0.4, -0.2) is 40.1 Å². The van der Waals surface area contributed by atoms with Crippen LogP contribution in [0.25, 0.3) is 0 Å². The highest BCUT2D eigenvalue weighted by Gasteiger charge is 2.30. The Balaban J connectivity index is 1.84. The molecule has 1 aliphatic rings. The predicted octanol–water partition coefficient (Wildman–Crippen LogP) is 1.63. The zero-order chi connectivity index (χ0) is 15.4. The summed E-state index contributed by atoms with van der Waals surface area (Å²) in [5.74, 6) is -0.0555. The van der Waals surface area contributed by atoms with Crippen molar-refractivity contribution in [2.45, 2.75) is 12.5 Å². The molecule has 22 heavy (non-hydrogen) atoms. The molecule has 1 fully saturated rings. The van der Waals surface area contributed by atoms with Crippen LogP contribution in [0.15, 0.2) is 35.8 Å². The Kier molecular flexibility index (Phi) is 4.29. The minimum absolute atomic E-state index is 0.0555. The molecule has 2 N–H and O–H groups in total. The molecule has 1 aromatic heterocycles. The van der Waals surface area contributed by atoms with Gasteiger partial charge in [0.2, 0.25) is 11.0 Å². The van der Waals surface area contributed by atoms with Crippen LogP contribution in [0.2, 0.25) is 0 Å². The molecule has 2 aromatic rings. The standard InChI is InChI=1S/C14H15N5O2S/c20-12-8-11(10-4-2-1-3-5-10)19(7-6-15-12)14(21)17-13-18-16-9-22-13/h1-5,9,11H,6-8H2,(H,15,20)(H,17,18,21)/t11-/m0/s1. The van der Waals surface area contributed by atoms with Gasteiger partial charge >= 0.3 is 6.03 Å². The second kappa shape index (κ2) is 6.52. The van der Waals surface area contributed by atoms with Crippen molar-refractivity contribution in [2.75, 3.05) is 18.4 Å². The number of amides is 3. The second-order valence-corrected chi connectivity index (χ2v) is 5.68. The molecule has 1 saturated heterocycles. The topological polar surface area (TPSA) is 87.2 Å². The molecule has 3 amide bonds. The second-order valence-electron chi connectivity index (χ2n) is 4.85. The molecule has 2 heterocycles. The van der Waals surface area contributed by atoms with Crippen LogP contribution in [0.3, 0.4) is 0 Å². The van der Waals surface area contributed by atoms with E-state index in [2.05, 4.69) is 20.8 Å². The van der Waals surface area contributed by atoms with Gasteiger partial charge < -0.3 is 10.2 Å². The monoisotopic (exact) mass is 317 g/mol. The van der Waals surface area contributed by atoms with Gasteiger partial charge in [0, 0.05) is 13.1 Å². The van der Waals surface area contributed by atoms with Crippen molar-refractivity contribution in [1.82, 2.24) is 20.4 Å². The molecule has 1 aromatic carbocycles. The molecule has 0 aliphatic carbocycles. The number of hydrogen-bond acceptors (Lipinski definition) is 5. The number of urea groups is 1. The Morgan fingerprint density at radius 1 is 1.36 bits per heavy atom. The van der Waals surface area contributed by atoms with E-state index in [1.165, 1.54) is 11.3 Å². The fraction of sp³-hybridized carbons (Fsp3) is 0.286. The van der Waals surface area contributed by atoms with Crippen molar-refractivity contribution in [3.8, 4) is 0 Å². The summed E-state index contributed by atoms with van der Waals surface area (Å²) in [5, 5.41) is 13.5. The molecule has 0 spiro atoms. The van der Waals surface area contributed by atoms with Crippen molar-refractivity contribution in [2.24, 2.45) is 0 Å². The van der Waals surface area contributed by atoms with E-state index < -0.39 is 0 Å². The van der Waals surface area contributed by atoms with E-state index in [1.54, 1.807) is 10.4 Å². The van der Waals surface area contributed by atoms with Gasteiger partial charge in [-0.15, -0.1) is 10.2 Å². The van der Waals surface area contributed by atoms with E-state index in [0.717, 1.165) is 5.56 Å². The number of aromatic nitrogens is 2. The van der Waals surface area contributed by atoms with Gasteiger partial charge in [0.05, 0.1) is 12.5 Å². The molecule has 7 nitrogen and oxygen atoms in total. The normalized spacial score (nSPS) is 18.5. The van der Waals surface area contributed by atoms with Crippen LogP contribution in [-0.2, 0) is 4.79 Å². The summed E-state index contributed by atoms with van der Waals surface area (Å²) in [5.41, 5.74) is 2.49. The van der Waals surface area contributed by atoms with Crippen LogP contribution >= 0.6 is 11.3 Å². The molecule has 0 unspecified atom stereocenters. The molecular formula is C14H15N5O2S. The number of hydrogen-bond donors (Lipinski definition) is 2. The molecule has 0 radical (unpaired) electrons. The molecule has 8 heteroatoms. The molecule has 3 rings (SSSR count). The quantitative estimate of drug-likeness (QED) is 0.881. The molecule has 0 saturated carbocycles. The first-order valence-electron chi connectivity index (χ1n) is 6.89. The Labute approximate surface area is 131 Å². The Hall–Kier alpha value is -2.48. The molecule has 1 aliphatic heterocycles. The van der Waals surface area contributed by atoms with Gasteiger partial charge in [-0.2, -0.15) is 0 Å². The van der Waals surface area contributed by atoms with E-state index in [0.29, 0.717) is 18.2 Å². The summed E-state index contributed by atoms with van der Waals surface area (Å²) >= 11 is 1.25. The zero-order valence-corrected chi connectivity index (χ0v) is 12.5. The van der Waals surface area contributed by atoms with Crippen molar-refractivity contribution < 1.29 is 9.59 Å². The maximum Gasteiger partial charge on any atom is 0.324 e. The van der Waals surface area contributed by atoms with Gasteiger partial charge in [-0.1, -0.05) is 41.7 Å². The van der Waals surface area contributed by atoms with Crippen LogP contribution in [0.5, 0.6) is 0 Å². The lowest BCUT2D eigenvalue weighted by molar-refractivity contribution is -0.121. The maximum atomic E-state index is 12.5. The number of carbonyl (C=O) groups excluding carboxylic acids is 2. The highest BCUT2D eigenvalue weighted by atomic mass is 32.1. The van der Waals surface area contributed by atoms with Crippen molar-refractivity contribution in [3.63, 3.8) is 0 Å². The van der Waals surface area contributed by atoms with Gasteiger partial charge in [0.25, 0.3) is 0 Å². The minimum Gasteiger partial charge on any atom is -0.354 e. The number of carbonyl (C=O) groups is 2. The Morgan fingerprint density at radius 3 is 2.91 bits per heavy atom. The smallest absolute Gasteiger partial charge is 0.324 e. The summed E-state index contributed by atoms with van der Waals surface area (Å²) in [4.78, 5) is 26.0. The van der Waals surface area contributed by atoms with Crippen molar-refractivity contribution in [1.29, 1.82) is 0 Å². The van der Waals surface area contributed by atoms with Crippen LogP contribution in [0.4, 0.5) is 9.93 Å². The maximum absolute atomic E-state index is 12.5. The fourth-order valence-electron chi connectivity index (χ4n) is 2.44. The lowest BCUT2D eigenvalue weighted by Gasteiger charge is -2.29. The SMILES string of the molecule is O=C1C[C@@H](c2ccccc2)N(C(=O)Nc2nncs2)CCN1. The van der Waals surface area contributed by atoms with Gasteiger partial charge in [0.1, 0.15) is 5.51 Å². The lowest BCUT2D eigenvalue weighted by atomic mass is 10.0. The van der Waals surface area contributed by atoms with Crippen LogP contribution in [0, 0.1) is 0 Å².